The largest absolute Gasteiger partial charge is 0.457 e. The number of halogens is 1. The molecule has 0 radical (unpaired) electrons. The standard InChI is InChI=1S/C25H22ClN3O3S/c1-29(2)25(27)16-8-10-19(22(14-16)31-17-6-4-3-5-7-17)20-15-18(32-28-20)9-11-21(30)23-12-13-24(26)33-23/h3-8,10,12-15,27H,9,11H2,1-2H3. The number of ether oxygens (including phenoxy) is 1. The lowest BCUT2D eigenvalue weighted by Crippen LogP contribution is -2.21. The Morgan fingerprint density at radius 3 is 2.61 bits per heavy atom. The molecule has 0 amide bonds. The first-order chi connectivity index (χ1) is 15.9. The molecular formula is C25H22ClN3O3S. The summed E-state index contributed by atoms with van der Waals surface area (Å²) in [6.07, 6.45) is 0.734. The second-order valence-electron chi connectivity index (χ2n) is 7.57. The van der Waals surface area contributed by atoms with Gasteiger partial charge in [-0.3, -0.25) is 10.2 Å². The van der Waals surface area contributed by atoms with Gasteiger partial charge >= 0.3 is 0 Å². The van der Waals surface area contributed by atoms with Gasteiger partial charge in [0.15, 0.2) is 5.78 Å². The molecule has 168 valence electrons. The van der Waals surface area contributed by atoms with E-state index in [1.165, 1.54) is 11.3 Å². The van der Waals surface area contributed by atoms with Crippen LogP contribution in [0.2, 0.25) is 4.34 Å². The summed E-state index contributed by atoms with van der Waals surface area (Å²) in [4.78, 5) is 14.7. The molecule has 0 atom stereocenters. The maximum absolute atomic E-state index is 12.4. The van der Waals surface area contributed by atoms with Crippen molar-refractivity contribution in [2.45, 2.75) is 12.8 Å². The van der Waals surface area contributed by atoms with Gasteiger partial charge in [-0.1, -0.05) is 41.0 Å². The van der Waals surface area contributed by atoms with Gasteiger partial charge in [0, 0.05) is 44.1 Å². The maximum Gasteiger partial charge on any atom is 0.173 e. The molecule has 6 nitrogen and oxygen atoms in total. The number of nitrogens with one attached hydrogen (secondary N) is 1. The number of aryl methyl sites for hydroxylation is 1. The van der Waals surface area contributed by atoms with Gasteiger partial charge in [0.25, 0.3) is 0 Å². The van der Waals surface area contributed by atoms with E-state index in [2.05, 4.69) is 5.16 Å². The minimum atomic E-state index is 0.0181. The summed E-state index contributed by atoms with van der Waals surface area (Å²) in [5.74, 6) is 2.24. The van der Waals surface area contributed by atoms with Crippen LogP contribution in [-0.2, 0) is 6.42 Å². The highest BCUT2D eigenvalue weighted by atomic mass is 35.5. The first kappa shape index (κ1) is 22.8. The van der Waals surface area contributed by atoms with E-state index in [1.807, 2.05) is 68.7 Å². The molecule has 0 saturated carbocycles. The Labute approximate surface area is 200 Å². The number of thiophene rings is 1. The molecule has 1 N–H and O–H groups in total. The molecule has 0 spiro atoms. The molecule has 2 heterocycles. The van der Waals surface area contributed by atoms with E-state index in [4.69, 9.17) is 26.3 Å². The first-order valence-corrected chi connectivity index (χ1v) is 11.5. The van der Waals surface area contributed by atoms with Crippen molar-refractivity contribution in [2.75, 3.05) is 14.1 Å². The fourth-order valence-corrected chi connectivity index (χ4v) is 4.23. The van der Waals surface area contributed by atoms with Crippen LogP contribution in [-0.4, -0.2) is 35.8 Å². The Morgan fingerprint density at radius 2 is 1.91 bits per heavy atom. The van der Waals surface area contributed by atoms with E-state index >= 15 is 0 Å². The van der Waals surface area contributed by atoms with Gasteiger partial charge in [0.05, 0.1) is 9.21 Å². The number of para-hydroxylation sites is 1. The molecule has 4 rings (SSSR count). The van der Waals surface area contributed by atoms with Crippen molar-refractivity contribution >= 4 is 34.6 Å². The second-order valence-corrected chi connectivity index (χ2v) is 9.29. The Kier molecular flexibility index (Phi) is 6.91. The van der Waals surface area contributed by atoms with Crippen molar-refractivity contribution in [3.05, 3.63) is 87.3 Å². The molecule has 0 aliphatic rings. The zero-order chi connectivity index (χ0) is 23.4. The number of amidine groups is 1. The first-order valence-electron chi connectivity index (χ1n) is 10.3. The van der Waals surface area contributed by atoms with Crippen LogP contribution >= 0.6 is 22.9 Å². The van der Waals surface area contributed by atoms with Crippen LogP contribution in [0, 0.1) is 5.41 Å². The minimum absolute atomic E-state index is 0.0181. The Morgan fingerprint density at radius 1 is 1.12 bits per heavy atom. The third-order valence-corrected chi connectivity index (χ3v) is 6.23. The highest BCUT2D eigenvalue weighted by Gasteiger charge is 2.17. The summed E-state index contributed by atoms with van der Waals surface area (Å²) in [6, 6.07) is 20.3. The normalized spacial score (nSPS) is 10.8. The van der Waals surface area contributed by atoms with E-state index in [-0.39, 0.29) is 5.78 Å². The monoisotopic (exact) mass is 479 g/mol. The zero-order valence-electron chi connectivity index (χ0n) is 18.2. The molecule has 0 fully saturated rings. The molecule has 2 aromatic heterocycles. The molecule has 0 aliphatic heterocycles. The van der Waals surface area contributed by atoms with Crippen LogP contribution in [0.25, 0.3) is 11.3 Å². The van der Waals surface area contributed by atoms with E-state index in [9.17, 15) is 4.79 Å². The fraction of sp³-hybridized carbons (Fsp3) is 0.160. The van der Waals surface area contributed by atoms with Gasteiger partial charge in [-0.05, 0) is 36.4 Å². The number of Topliss-reactive ketones (excluding diaryl/α,β-unsaturated/α-hetero) is 1. The van der Waals surface area contributed by atoms with Crippen molar-refractivity contribution in [2.24, 2.45) is 0 Å². The average Bonchev–Trinajstić information content (AvgIpc) is 3.47. The van der Waals surface area contributed by atoms with Crippen LogP contribution in [0.15, 0.2) is 71.3 Å². The lowest BCUT2D eigenvalue weighted by atomic mass is 10.1. The summed E-state index contributed by atoms with van der Waals surface area (Å²) >= 11 is 7.20. The average molecular weight is 480 g/mol. The molecule has 8 heteroatoms. The molecule has 4 aromatic rings. The SMILES string of the molecule is CN(C)C(=N)c1ccc(-c2cc(CCC(=O)c3ccc(Cl)s3)on2)c(Oc2ccccc2)c1. The Bertz CT molecular complexity index is 1280. The van der Waals surface area contributed by atoms with Crippen molar-refractivity contribution in [3.63, 3.8) is 0 Å². The summed E-state index contributed by atoms with van der Waals surface area (Å²) < 4.78 is 12.2. The molecule has 0 aliphatic carbocycles. The van der Waals surface area contributed by atoms with Crippen molar-refractivity contribution < 1.29 is 14.1 Å². The van der Waals surface area contributed by atoms with Gasteiger partial charge in [-0.15, -0.1) is 11.3 Å². The predicted molar refractivity (Wildman–Crippen MR) is 131 cm³/mol. The molecule has 0 saturated heterocycles. The lowest BCUT2D eigenvalue weighted by Gasteiger charge is -2.16. The topological polar surface area (TPSA) is 79.4 Å². The van der Waals surface area contributed by atoms with E-state index in [0.717, 1.165) is 11.1 Å². The summed E-state index contributed by atoms with van der Waals surface area (Å²) in [6.45, 7) is 0. The van der Waals surface area contributed by atoms with Crippen molar-refractivity contribution in [3.8, 4) is 22.8 Å². The van der Waals surface area contributed by atoms with Gasteiger partial charge in [0.1, 0.15) is 28.8 Å². The molecule has 33 heavy (non-hydrogen) atoms. The quantitative estimate of drug-likeness (QED) is 0.176. The number of rotatable bonds is 8. The van der Waals surface area contributed by atoms with Gasteiger partial charge in [-0.2, -0.15) is 0 Å². The highest BCUT2D eigenvalue weighted by molar-refractivity contribution is 7.18. The number of nitrogens with zero attached hydrogens (tertiary/aromatic N) is 2. The number of carbonyl (C=O) groups is 1. The second kappa shape index (κ2) is 10.0. The lowest BCUT2D eigenvalue weighted by molar-refractivity contribution is 0.0984. The summed E-state index contributed by atoms with van der Waals surface area (Å²) in [5.41, 5.74) is 2.06. The maximum atomic E-state index is 12.4. The van der Waals surface area contributed by atoms with Gasteiger partial charge in [-0.25, -0.2) is 0 Å². The zero-order valence-corrected chi connectivity index (χ0v) is 19.7. The summed E-state index contributed by atoms with van der Waals surface area (Å²) in [7, 11) is 3.65. The third kappa shape index (κ3) is 5.50. The third-order valence-electron chi connectivity index (χ3n) is 4.95. The number of aromatic nitrogens is 1. The van der Waals surface area contributed by atoms with E-state index in [0.29, 0.717) is 50.8 Å². The van der Waals surface area contributed by atoms with Gasteiger partial charge in [0.2, 0.25) is 0 Å². The Balaban J connectivity index is 1.57. The van der Waals surface area contributed by atoms with Crippen LogP contribution in [0.5, 0.6) is 11.5 Å². The van der Waals surface area contributed by atoms with Crippen LogP contribution in [0.3, 0.4) is 0 Å². The molecule has 2 aromatic carbocycles. The Hall–Kier alpha value is -3.42. The smallest absolute Gasteiger partial charge is 0.173 e. The van der Waals surface area contributed by atoms with E-state index < -0.39 is 0 Å². The van der Waals surface area contributed by atoms with Crippen LogP contribution in [0.1, 0.15) is 27.4 Å². The van der Waals surface area contributed by atoms with Crippen LogP contribution < -0.4 is 4.74 Å². The number of ketones is 1. The molecule has 0 bridgehead atoms. The predicted octanol–water partition coefficient (Wildman–Crippen LogP) is 6.55. The number of hydrogen-bond donors (Lipinski definition) is 1. The minimum Gasteiger partial charge on any atom is -0.457 e. The van der Waals surface area contributed by atoms with Crippen molar-refractivity contribution in [1.82, 2.24) is 10.1 Å². The van der Waals surface area contributed by atoms with Gasteiger partial charge < -0.3 is 14.2 Å². The summed E-state index contributed by atoms with van der Waals surface area (Å²) in [5, 5.41) is 12.5. The number of carbonyl (C=O) groups excluding carboxylic acids is 1. The number of benzene rings is 2. The highest BCUT2D eigenvalue weighted by Crippen LogP contribution is 2.34. The van der Waals surface area contributed by atoms with Crippen LogP contribution in [0.4, 0.5) is 0 Å². The van der Waals surface area contributed by atoms with Crippen molar-refractivity contribution in [1.29, 1.82) is 5.41 Å². The molecule has 0 unspecified atom stereocenters. The van der Waals surface area contributed by atoms with E-state index in [1.54, 1.807) is 17.0 Å². The fourth-order valence-electron chi connectivity index (χ4n) is 3.22. The molecular weight excluding hydrogens is 458 g/mol. The number of hydrogen-bond acceptors (Lipinski definition) is 6.